The molecule has 1 aliphatic heterocycles. The van der Waals surface area contributed by atoms with Gasteiger partial charge in [0.15, 0.2) is 0 Å². The first-order valence-corrected chi connectivity index (χ1v) is 9.45. The van der Waals surface area contributed by atoms with Gasteiger partial charge < -0.3 is 10.1 Å². The molecule has 128 valence electrons. The fraction of sp³-hybridized carbons (Fsp3) is 0.333. The zero-order valence-corrected chi connectivity index (χ0v) is 14.7. The number of nitrogens with one attached hydrogen (secondary N) is 2. The summed E-state index contributed by atoms with van der Waals surface area (Å²) in [5, 5.41) is 3.45. The monoisotopic (exact) mass is 346 g/mol. The Morgan fingerprint density at radius 2 is 1.96 bits per heavy atom. The highest BCUT2D eigenvalue weighted by Crippen LogP contribution is 2.35. The number of rotatable bonds is 4. The van der Waals surface area contributed by atoms with Crippen LogP contribution in [0.2, 0.25) is 0 Å². The maximum absolute atomic E-state index is 12.3. The standard InChI is InChI=1S/C18H22N2O3S/c1-19-24(21,22)18-10-14-8-9-20-12-16(13-6-4-3-5-7-13)15(14)11-17(18)23-2/h3-7,10-11,16,19-20H,8-9,12H2,1-2H3. The van der Waals surface area contributed by atoms with Gasteiger partial charge >= 0.3 is 0 Å². The van der Waals surface area contributed by atoms with Gasteiger partial charge in [0.1, 0.15) is 10.6 Å². The van der Waals surface area contributed by atoms with Crippen LogP contribution in [-0.2, 0) is 16.4 Å². The van der Waals surface area contributed by atoms with Gasteiger partial charge in [0, 0.05) is 12.5 Å². The molecule has 0 saturated carbocycles. The van der Waals surface area contributed by atoms with Gasteiger partial charge in [0.2, 0.25) is 10.0 Å². The van der Waals surface area contributed by atoms with Crippen LogP contribution in [0.4, 0.5) is 0 Å². The normalized spacial score (nSPS) is 17.8. The minimum absolute atomic E-state index is 0.170. The number of hydrogen-bond acceptors (Lipinski definition) is 4. The van der Waals surface area contributed by atoms with Crippen molar-refractivity contribution in [2.45, 2.75) is 17.2 Å². The number of hydrogen-bond donors (Lipinski definition) is 2. The molecule has 3 rings (SSSR count). The van der Waals surface area contributed by atoms with Crippen molar-refractivity contribution in [1.29, 1.82) is 0 Å². The zero-order chi connectivity index (χ0) is 17.2. The van der Waals surface area contributed by atoms with Crippen molar-refractivity contribution in [3.63, 3.8) is 0 Å². The number of benzene rings is 2. The predicted octanol–water partition coefficient (Wildman–Crippen LogP) is 1.88. The summed E-state index contributed by atoms with van der Waals surface area (Å²) in [5.74, 6) is 0.551. The zero-order valence-electron chi connectivity index (χ0n) is 13.9. The van der Waals surface area contributed by atoms with Crippen LogP contribution in [-0.4, -0.2) is 35.7 Å². The lowest BCUT2D eigenvalue weighted by Gasteiger charge is -2.20. The third-order valence-corrected chi connectivity index (χ3v) is 5.92. The Morgan fingerprint density at radius 3 is 2.62 bits per heavy atom. The summed E-state index contributed by atoms with van der Waals surface area (Å²) in [6.07, 6.45) is 0.787. The quantitative estimate of drug-likeness (QED) is 0.887. The molecule has 1 unspecified atom stereocenters. The van der Waals surface area contributed by atoms with E-state index in [9.17, 15) is 8.42 Å². The van der Waals surface area contributed by atoms with E-state index in [2.05, 4.69) is 22.2 Å². The topological polar surface area (TPSA) is 67.4 Å². The van der Waals surface area contributed by atoms with Crippen LogP contribution < -0.4 is 14.8 Å². The van der Waals surface area contributed by atoms with E-state index >= 15 is 0 Å². The van der Waals surface area contributed by atoms with E-state index in [1.54, 1.807) is 6.07 Å². The summed E-state index contributed by atoms with van der Waals surface area (Å²) in [5.41, 5.74) is 3.38. The lowest BCUT2D eigenvalue weighted by Crippen LogP contribution is -2.21. The molecule has 0 amide bonds. The molecule has 0 aliphatic carbocycles. The van der Waals surface area contributed by atoms with Gasteiger partial charge in [-0.25, -0.2) is 13.1 Å². The minimum Gasteiger partial charge on any atom is -0.495 e. The smallest absolute Gasteiger partial charge is 0.244 e. The Bertz CT molecular complexity index is 820. The fourth-order valence-corrected chi connectivity index (χ4v) is 4.12. The molecule has 0 radical (unpaired) electrons. The van der Waals surface area contributed by atoms with Gasteiger partial charge in [0.05, 0.1) is 7.11 Å². The summed E-state index contributed by atoms with van der Waals surface area (Å²) in [6.45, 7) is 1.64. The maximum atomic E-state index is 12.3. The first-order valence-electron chi connectivity index (χ1n) is 7.97. The summed E-state index contributed by atoms with van der Waals surface area (Å²) >= 11 is 0. The summed E-state index contributed by atoms with van der Waals surface area (Å²) in [6, 6.07) is 13.9. The lowest BCUT2D eigenvalue weighted by atomic mass is 9.88. The molecule has 0 aromatic heterocycles. The fourth-order valence-electron chi connectivity index (χ4n) is 3.20. The van der Waals surface area contributed by atoms with Crippen molar-refractivity contribution in [2.24, 2.45) is 0 Å². The predicted molar refractivity (Wildman–Crippen MR) is 94.1 cm³/mol. The molecule has 1 aliphatic rings. The molecule has 0 saturated heterocycles. The van der Waals surface area contributed by atoms with Gasteiger partial charge in [-0.3, -0.25) is 0 Å². The molecule has 24 heavy (non-hydrogen) atoms. The van der Waals surface area contributed by atoms with Crippen LogP contribution in [0.25, 0.3) is 0 Å². The van der Waals surface area contributed by atoms with Gasteiger partial charge in [-0.2, -0.15) is 0 Å². The summed E-state index contributed by atoms with van der Waals surface area (Å²) in [7, 11) is -0.650. The second-order valence-electron chi connectivity index (χ2n) is 5.83. The van der Waals surface area contributed by atoms with E-state index in [4.69, 9.17) is 4.74 Å². The molecular formula is C18H22N2O3S. The van der Waals surface area contributed by atoms with E-state index in [1.807, 2.05) is 24.3 Å². The van der Waals surface area contributed by atoms with Crippen LogP contribution in [0.15, 0.2) is 47.4 Å². The Balaban J connectivity index is 2.17. The number of fused-ring (bicyclic) bond motifs is 1. The van der Waals surface area contributed by atoms with Gasteiger partial charge in [-0.1, -0.05) is 30.3 Å². The largest absolute Gasteiger partial charge is 0.495 e. The van der Waals surface area contributed by atoms with Crippen molar-refractivity contribution in [1.82, 2.24) is 10.0 Å². The average Bonchev–Trinajstić information content (AvgIpc) is 2.83. The molecule has 0 fully saturated rings. The highest BCUT2D eigenvalue weighted by Gasteiger charge is 2.26. The Hall–Kier alpha value is -1.89. The molecule has 6 heteroatoms. The molecule has 1 heterocycles. The lowest BCUT2D eigenvalue weighted by molar-refractivity contribution is 0.401. The van der Waals surface area contributed by atoms with Crippen LogP contribution in [0, 0.1) is 0 Å². The van der Waals surface area contributed by atoms with Gasteiger partial charge in [0.25, 0.3) is 0 Å². The molecule has 2 aromatic carbocycles. The summed E-state index contributed by atoms with van der Waals surface area (Å²) in [4.78, 5) is 0.194. The molecule has 5 nitrogen and oxygen atoms in total. The Labute approximate surface area is 143 Å². The van der Waals surface area contributed by atoms with E-state index < -0.39 is 10.0 Å². The van der Waals surface area contributed by atoms with Gasteiger partial charge in [-0.05, 0) is 48.8 Å². The molecule has 0 spiro atoms. The highest BCUT2D eigenvalue weighted by atomic mass is 32.2. The van der Waals surface area contributed by atoms with Crippen molar-refractivity contribution < 1.29 is 13.2 Å². The first kappa shape index (κ1) is 17.0. The van der Waals surface area contributed by atoms with E-state index in [0.717, 1.165) is 30.6 Å². The van der Waals surface area contributed by atoms with Crippen molar-refractivity contribution >= 4 is 10.0 Å². The van der Waals surface area contributed by atoms with Crippen molar-refractivity contribution in [3.05, 3.63) is 59.2 Å². The Kier molecular flexibility index (Phi) is 4.89. The Morgan fingerprint density at radius 1 is 1.21 bits per heavy atom. The van der Waals surface area contributed by atoms with E-state index in [-0.39, 0.29) is 10.8 Å². The minimum atomic E-state index is -3.56. The van der Waals surface area contributed by atoms with E-state index in [1.165, 1.54) is 19.7 Å². The van der Waals surface area contributed by atoms with Crippen LogP contribution in [0.5, 0.6) is 5.75 Å². The van der Waals surface area contributed by atoms with Crippen LogP contribution in [0.1, 0.15) is 22.6 Å². The molecule has 1 atom stereocenters. The van der Waals surface area contributed by atoms with Crippen LogP contribution in [0.3, 0.4) is 0 Å². The molecule has 2 aromatic rings. The summed E-state index contributed by atoms with van der Waals surface area (Å²) < 4.78 is 32.4. The molecular weight excluding hydrogens is 324 g/mol. The second kappa shape index (κ2) is 6.93. The number of methoxy groups -OCH3 is 1. The average molecular weight is 346 g/mol. The third-order valence-electron chi connectivity index (χ3n) is 4.48. The first-order chi connectivity index (χ1) is 11.6. The van der Waals surface area contributed by atoms with Crippen molar-refractivity contribution in [2.75, 3.05) is 27.2 Å². The van der Waals surface area contributed by atoms with Crippen LogP contribution >= 0.6 is 0 Å². The molecule has 2 N–H and O–H groups in total. The maximum Gasteiger partial charge on any atom is 0.244 e. The SMILES string of the molecule is CNS(=O)(=O)c1cc2c(cc1OC)C(c1ccccc1)CNCC2. The van der Waals surface area contributed by atoms with E-state index in [0.29, 0.717) is 5.75 Å². The van der Waals surface area contributed by atoms with Crippen molar-refractivity contribution in [3.8, 4) is 5.75 Å². The third kappa shape index (κ3) is 3.17. The van der Waals surface area contributed by atoms with Gasteiger partial charge in [-0.15, -0.1) is 0 Å². The number of ether oxygens (including phenoxy) is 1. The second-order valence-corrected chi connectivity index (χ2v) is 7.68. The molecule has 0 bridgehead atoms. The number of sulfonamides is 1. The highest BCUT2D eigenvalue weighted by molar-refractivity contribution is 7.89.